The Kier molecular flexibility index (Phi) is 6.55. The molecule has 2 aliphatic heterocycles. The third kappa shape index (κ3) is 4.54. The van der Waals surface area contributed by atoms with Crippen molar-refractivity contribution in [1.29, 1.82) is 0 Å². The number of hydrogen-bond donors (Lipinski definition) is 0. The summed E-state index contributed by atoms with van der Waals surface area (Å²) in [6.07, 6.45) is 5.71. The largest absolute Gasteiger partial charge is 0.341 e. The first-order valence-electron chi connectivity index (χ1n) is 11.0. The molecule has 0 saturated carbocycles. The molecule has 3 heterocycles. The molecule has 0 N–H and O–H groups in total. The van der Waals surface area contributed by atoms with Gasteiger partial charge in [0.1, 0.15) is 6.54 Å². The van der Waals surface area contributed by atoms with Gasteiger partial charge in [-0.25, -0.2) is 0 Å². The Labute approximate surface area is 214 Å². The first-order valence-corrected chi connectivity index (χ1v) is 12.9. The van der Waals surface area contributed by atoms with E-state index in [9.17, 15) is 14.4 Å². The van der Waals surface area contributed by atoms with Gasteiger partial charge in [-0.1, -0.05) is 45.7 Å². The summed E-state index contributed by atoms with van der Waals surface area (Å²) in [4.78, 5) is 42.0. The summed E-state index contributed by atoms with van der Waals surface area (Å²) in [6.45, 7) is 1.96. The zero-order chi connectivity index (χ0) is 23.8. The number of hydrogen-bond acceptors (Lipinski definition) is 4. The Hall–Kier alpha value is -2.55. The highest BCUT2D eigenvalue weighted by molar-refractivity contribution is 9.10. The molecule has 0 radical (unpaired) electrons. The number of carbonyl (C=O) groups is 3. The van der Waals surface area contributed by atoms with Crippen LogP contribution < -0.4 is 0 Å². The van der Waals surface area contributed by atoms with E-state index in [0.717, 1.165) is 58.6 Å². The quantitative estimate of drug-likeness (QED) is 0.365. The lowest BCUT2D eigenvalue weighted by atomic mass is 10.1. The van der Waals surface area contributed by atoms with Gasteiger partial charge in [-0.3, -0.25) is 19.3 Å². The van der Waals surface area contributed by atoms with Crippen LogP contribution in [-0.4, -0.2) is 44.5 Å². The van der Waals surface area contributed by atoms with Crippen LogP contribution in [0.2, 0.25) is 5.02 Å². The van der Waals surface area contributed by atoms with Crippen molar-refractivity contribution in [2.24, 2.45) is 0 Å². The van der Waals surface area contributed by atoms with Crippen molar-refractivity contribution < 1.29 is 14.4 Å². The van der Waals surface area contributed by atoms with Crippen molar-refractivity contribution in [3.05, 3.63) is 74.2 Å². The van der Waals surface area contributed by atoms with Gasteiger partial charge >= 0.3 is 0 Å². The van der Waals surface area contributed by atoms with Gasteiger partial charge in [-0.05, 0) is 60.5 Å². The van der Waals surface area contributed by atoms with E-state index in [-0.39, 0.29) is 30.1 Å². The molecule has 174 valence electrons. The molecule has 0 atom stereocenters. The van der Waals surface area contributed by atoms with Crippen LogP contribution in [0.1, 0.15) is 24.0 Å². The zero-order valence-electron chi connectivity index (χ0n) is 18.2. The maximum absolute atomic E-state index is 13.1. The van der Waals surface area contributed by atoms with E-state index < -0.39 is 0 Å². The minimum atomic E-state index is -0.348. The van der Waals surface area contributed by atoms with Crippen LogP contribution in [0.5, 0.6) is 0 Å². The standard InChI is InChI=1S/C25H21BrClN3O3S/c26-18-7-8-21-19(12-18)17(13-29(21)15-23(31)28-9-3-4-10-28)11-22-24(32)30(25(33)34-22)14-16-5-1-2-6-20(16)27/h1-2,5-8,11-13H,3-4,9-10,14-15H2/b22-11-. The average molecular weight is 559 g/mol. The minimum absolute atomic E-state index is 0.0870. The monoisotopic (exact) mass is 557 g/mol. The fourth-order valence-electron chi connectivity index (χ4n) is 4.33. The summed E-state index contributed by atoms with van der Waals surface area (Å²) in [6, 6.07) is 13.0. The fourth-order valence-corrected chi connectivity index (χ4v) is 5.72. The van der Waals surface area contributed by atoms with Crippen LogP contribution >= 0.6 is 39.3 Å². The summed E-state index contributed by atoms with van der Waals surface area (Å²) in [5, 5.41) is 1.09. The molecule has 6 nitrogen and oxygen atoms in total. The van der Waals surface area contributed by atoms with E-state index in [2.05, 4.69) is 15.9 Å². The third-order valence-corrected chi connectivity index (χ3v) is 7.85. The second-order valence-electron chi connectivity index (χ2n) is 8.32. The van der Waals surface area contributed by atoms with Crippen molar-refractivity contribution in [2.75, 3.05) is 13.1 Å². The number of aromatic nitrogens is 1. The Bertz CT molecular complexity index is 1350. The number of fused-ring (bicyclic) bond motifs is 1. The SMILES string of the molecule is O=C(Cn1cc(/C=C2\SC(=O)N(Cc3ccccc3Cl)C2=O)c2cc(Br)ccc21)N1CCCC1. The van der Waals surface area contributed by atoms with Crippen molar-refractivity contribution in [3.8, 4) is 0 Å². The Morgan fingerprint density at radius 3 is 2.65 bits per heavy atom. The number of nitrogens with zero attached hydrogens (tertiary/aromatic N) is 3. The van der Waals surface area contributed by atoms with Crippen LogP contribution in [0.4, 0.5) is 4.79 Å². The fraction of sp³-hybridized carbons (Fsp3) is 0.240. The van der Waals surface area contributed by atoms with Gasteiger partial charge in [0, 0.05) is 45.2 Å². The van der Waals surface area contributed by atoms with E-state index in [1.165, 1.54) is 4.90 Å². The predicted molar refractivity (Wildman–Crippen MR) is 138 cm³/mol. The molecule has 2 saturated heterocycles. The summed E-state index contributed by atoms with van der Waals surface area (Å²) < 4.78 is 2.81. The first kappa shape index (κ1) is 23.2. The lowest BCUT2D eigenvalue weighted by Gasteiger charge is -2.16. The second-order valence-corrected chi connectivity index (χ2v) is 10.6. The Morgan fingerprint density at radius 2 is 1.88 bits per heavy atom. The molecule has 9 heteroatoms. The van der Waals surface area contributed by atoms with Crippen molar-refractivity contribution in [1.82, 2.24) is 14.4 Å². The summed E-state index contributed by atoms with van der Waals surface area (Å²) >= 11 is 10.7. The van der Waals surface area contributed by atoms with E-state index in [1.54, 1.807) is 18.2 Å². The molecule has 3 aromatic rings. The zero-order valence-corrected chi connectivity index (χ0v) is 21.3. The summed E-state index contributed by atoms with van der Waals surface area (Å²) in [5.41, 5.74) is 2.40. The van der Waals surface area contributed by atoms with Crippen molar-refractivity contribution >= 4 is 73.3 Å². The maximum atomic E-state index is 13.1. The highest BCUT2D eigenvalue weighted by Crippen LogP contribution is 2.36. The Balaban J connectivity index is 1.45. The smallest absolute Gasteiger partial charge is 0.293 e. The number of likely N-dealkylation sites (tertiary alicyclic amines) is 1. The average Bonchev–Trinajstić information content (AvgIpc) is 3.52. The Morgan fingerprint density at radius 1 is 1.12 bits per heavy atom. The van der Waals surface area contributed by atoms with Gasteiger partial charge in [0.25, 0.3) is 11.1 Å². The van der Waals surface area contributed by atoms with Gasteiger partial charge in [0.2, 0.25) is 5.91 Å². The van der Waals surface area contributed by atoms with Gasteiger partial charge in [0.15, 0.2) is 0 Å². The highest BCUT2D eigenvalue weighted by Gasteiger charge is 2.35. The van der Waals surface area contributed by atoms with Crippen LogP contribution in [0.15, 0.2) is 58.0 Å². The molecule has 0 unspecified atom stereocenters. The number of halogens is 2. The number of carbonyl (C=O) groups excluding carboxylic acids is 3. The van der Waals surface area contributed by atoms with Crippen LogP contribution in [-0.2, 0) is 22.7 Å². The lowest BCUT2D eigenvalue weighted by molar-refractivity contribution is -0.130. The second kappa shape index (κ2) is 9.60. The first-order chi connectivity index (χ1) is 16.4. The topological polar surface area (TPSA) is 62.6 Å². The van der Waals surface area contributed by atoms with Crippen LogP contribution in [0, 0.1) is 0 Å². The summed E-state index contributed by atoms with van der Waals surface area (Å²) in [7, 11) is 0. The molecule has 2 aliphatic rings. The number of amides is 3. The van der Waals surface area contributed by atoms with Gasteiger partial charge in [0.05, 0.1) is 11.4 Å². The van der Waals surface area contributed by atoms with Gasteiger partial charge in [-0.15, -0.1) is 0 Å². The molecule has 34 heavy (non-hydrogen) atoms. The van der Waals surface area contributed by atoms with Crippen molar-refractivity contribution in [2.45, 2.75) is 25.9 Å². The molecule has 0 aliphatic carbocycles. The molecular weight excluding hydrogens is 538 g/mol. The number of rotatable bonds is 5. The molecule has 3 amide bonds. The molecule has 5 rings (SSSR count). The molecule has 2 aromatic carbocycles. The molecular formula is C25H21BrClN3O3S. The molecule has 1 aromatic heterocycles. The maximum Gasteiger partial charge on any atom is 0.293 e. The normalized spacial score (nSPS) is 17.5. The van der Waals surface area contributed by atoms with E-state index >= 15 is 0 Å². The molecule has 0 spiro atoms. The van der Waals surface area contributed by atoms with Crippen LogP contribution in [0.3, 0.4) is 0 Å². The van der Waals surface area contributed by atoms with E-state index in [4.69, 9.17) is 11.6 Å². The minimum Gasteiger partial charge on any atom is -0.341 e. The van der Waals surface area contributed by atoms with Crippen molar-refractivity contribution in [3.63, 3.8) is 0 Å². The van der Waals surface area contributed by atoms with Gasteiger partial charge in [-0.2, -0.15) is 0 Å². The summed E-state index contributed by atoms with van der Waals surface area (Å²) in [5.74, 6) is -0.261. The predicted octanol–water partition coefficient (Wildman–Crippen LogP) is 5.92. The van der Waals surface area contributed by atoms with E-state index in [1.807, 2.05) is 46.0 Å². The number of benzene rings is 2. The lowest BCUT2D eigenvalue weighted by Crippen LogP contribution is -2.30. The van der Waals surface area contributed by atoms with Gasteiger partial charge < -0.3 is 9.47 Å². The molecule has 2 fully saturated rings. The van der Waals surface area contributed by atoms with E-state index in [0.29, 0.717) is 15.5 Å². The van der Waals surface area contributed by atoms with Crippen LogP contribution in [0.25, 0.3) is 17.0 Å². The highest BCUT2D eigenvalue weighted by atomic mass is 79.9. The number of thioether (sulfide) groups is 1. The third-order valence-electron chi connectivity index (χ3n) is 6.08. The molecule has 0 bridgehead atoms. The number of imide groups is 1.